The fourth-order valence-electron chi connectivity index (χ4n) is 4.04. The minimum absolute atomic E-state index is 0.323. The molecule has 4 rings (SSSR count). The van der Waals surface area contributed by atoms with Crippen LogP contribution in [0.25, 0.3) is 0 Å². The third kappa shape index (κ3) is 5.05. The quantitative estimate of drug-likeness (QED) is 0.600. The zero-order valence-corrected chi connectivity index (χ0v) is 16.6. The molecule has 0 radical (unpaired) electrons. The van der Waals surface area contributed by atoms with Crippen LogP contribution in [0.5, 0.6) is 0 Å². The molecule has 2 aromatic rings. The number of piperidine rings is 1. The molecule has 7 heteroatoms. The molecule has 1 aromatic carbocycles. The van der Waals surface area contributed by atoms with E-state index in [0.717, 1.165) is 63.4 Å². The molecule has 29 heavy (non-hydrogen) atoms. The highest BCUT2D eigenvalue weighted by Gasteiger charge is 2.18. The molecule has 0 saturated carbocycles. The molecule has 2 aliphatic heterocycles. The number of nitrogens with one attached hydrogen (secondary N) is 3. The number of hydrogen-bond donors (Lipinski definition) is 4. The highest BCUT2D eigenvalue weighted by atomic mass is 16.5. The van der Waals surface area contributed by atoms with E-state index < -0.39 is 5.91 Å². The average molecular weight is 396 g/mol. The van der Waals surface area contributed by atoms with Gasteiger partial charge in [-0.2, -0.15) is 0 Å². The molecule has 0 spiro atoms. The number of nitrogens with zero attached hydrogens (tertiary/aromatic N) is 1. The second-order valence-electron chi connectivity index (χ2n) is 7.78. The zero-order valence-electron chi connectivity index (χ0n) is 16.6. The molecule has 0 unspecified atom stereocenters. The van der Waals surface area contributed by atoms with Crippen LogP contribution < -0.4 is 21.7 Å². The summed E-state index contributed by atoms with van der Waals surface area (Å²) in [4.78, 5) is 16.2. The Labute approximate surface area is 171 Å². The smallest absolute Gasteiger partial charge is 0.252 e. The third-order valence-electron chi connectivity index (χ3n) is 5.74. The van der Waals surface area contributed by atoms with E-state index in [0.29, 0.717) is 23.3 Å². The summed E-state index contributed by atoms with van der Waals surface area (Å²) in [6, 6.07) is 10.7. The van der Waals surface area contributed by atoms with Crippen molar-refractivity contribution in [3.05, 3.63) is 47.7 Å². The van der Waals surface area contributed by atoms with Crippen molar-refractivity contribution in [1.82, 2.24) is 10.3 Å². The van der Waals surface area contributed by atoms with Crippen molar-refractivity contribution in [2.45, 2.75) is 37.6 Å². The first-order chi connectivity index (χ1) is 14.2. The first-order valence-corrected chi connectivity index (χ1v) is 10.4. The van der Waals surface area contributed by atoms with Gasteiger partial charge < -0.3 is 26.4 Å². The number of pyridine rings is 1. The van der Waals surface area contributed by atoms with Crippen LogP contribution in [0.1, 0.15) is 47.5 Å². The number of ether oxygens (including phenoxy) is 1. The van der Waals surface area contributed by atoms with E-state index in [1.807, 2.05) is 6.07 Å². The van der Waals surface area contributed by atoms with Crippen molar-refractivity contribution in [3.8, 4) is 0 Å². The summed E-state index contributed by atoms with van der Waals surface area (Å²) in [5.74, 6) is 0.790. The molecule has 2 saturated heterocycles. The topological polar surface area (TPSA) is 101 Å². The zero-order chi connectivity index (χ0) is 20.1. The molecule has 154 valence electrons. The number of aromatic nitrogens is 1. The first-order valence-electron chi connectivity index (χ1n) is 10.4. The largest absolute Gasteiger partial charge is 0.381 e. The molecular formula is C22H29N5O2. The third-order valence-corrected chi connectivity index (χ3v) is 5.74. The van der Waals surface area contributed by atoms with Gasteiger partial charge in [0.05, 0.1) is 11.3 Å². The van der Waals surface area contributed by atoms with Crippen LogP contribution in [0.3, 0.4) is 0 Å². The van der Waals surface area contributed by atoms with Crippen molar-refractivity contribution in [1.29, 1.82) is 0 Å². The number of carbonyl (C=O) groups excluding carboxylic acids is 1. The van der Waals surface area contributed by atoms with Gasteiger partial charge in [-0.25, -0.2) is 4.98 Å². The summed E-state index contributed by atoms with van der Waals surface area (Å²) in [6.07, 6.45) is 5.72. The lowest BCUT2D eigenvalue weighted by Gasteiger charge is -2.25. The summed E-state index contributed by atoms with van der Waals surface area (Å²) >= 11 is 0. The Bertz CT molecular complexity index is 828. The number of hydrogen-bond acceptors (Lipinski definition) is 6. The Hall–Kier alpha value is -2.64. The Morgan fingerprint density at radius 1 is 1.10 bits per heavy atom. The normalized spacial score (nSPS) is 18.3. The van der Waals surface area contributed by atoms with Gasteiger partial charge >= 0.3 is 0 Å². The Morgan fingerprint density at radius 3 is 2.52 bits per heavy atom. The van der Waals surface area contributed by atoms with Crippen LogP contribution in [0.2, 0.25) is 0 Å². The standard InChI is InChI=1S/C22H29N5O2/c23-22(28)19-14-25-21(13-20(19)26-18-5-9-24-10-6-18)27-17-3-1-15(2-4-17)16-7-11-29-12-8-16/h1-4,13-14,16,18,24H,5-12H2,(H2,23,28)(H2,25,26,27). The molecule has 0 bridgehead atoms. The van der Waals surface area contributed by atoms with Gasteiger partial charge in [0.15, 0.2) is 0 Å². The number of benzene rings is 1. The predicted molar refractivity (Wildman–Crippen MR) is 115 cm³/mol. The van der Waals surface area contributed by atoms with E-state index >= 15 is 0 Å². The number of primary amides is 1. The van der Waals surface area contributed by atoms with Crippen LogP contribution in [-0.4, -0.2) is 43.2 Å². The number of amides is 1. The highest BCUT2D eigenvalue weighted by Crippen LogP contribution is 2.29. The summed E-state index contributed by atoms with van der Waals surface area (Å²) in [6.45, 7) is 3.62. The van der Waals surface area contributed by atoms with Crippen molar-refractivity contribution in [2.75, 3.05) is 36.9 Å². The molecule has 1 amide bonds. The number of carbonyl (C=O) groups is 1. The molecule has 2 aliphatic rings. The molecular weight excluding hydrogens is 366 g/mol. The van der Waals surface area contributed by atoms with Crippen molar-refractivity contribution < 1.29 is 9.53 Å². The fraction of sp³-hybridized carbons (Fsp3) is 0.455. The summed E-state index contributed by atoms with van der Waals surface area (Å²) in [7, 11) is 0. The maximum Gasteiger partial charge on any atom is 0.252 e. The SMILES string of the molecule is NC(=O)c1cnc(Nc2ccc(C3CCOCC3)cc2)cc1NC1CCNCC1. The minimum Gasteiger partial charge on any atom is -0.381 e. The second kappa shape index (κ2) is 9.24. The van der Waals surface area contributed by atoms with Gasteiger partial charge in [-0.05, 0) is 62.4 Å². The lowest BCUT2D eigenvalue weighted by atomic mass is 9.92. The van der Waals surface area contributed by atoms with Crippen LogP contribution in [-0.2, 0) is 4.74 Å². The van der Waals surface area contributed by atoms with Crippen LogP contribution in [0.15, 0.2) is 36.5 Å². The van der Waals surface area contributed by atoms with Gasteiger partial charge in [-0.1, -0.05) is 12.1 Å². The van der Waals surface area contributed by atoms with Crippen LogP contribution >= 0.6 is 0 Å². The van der Waals surface area contributed by atoms with E-state index in [9.17, 15) is 4.79 Å². The number of nitrogens with two attached hydrogens (primary N) is 1. The molecule has 5 N–H and O–H groups in total. The summed E-state index contributed by atoms with van der Waals surface area (Å²) in [5, 5.41) is 10.2. The van der Waals surface area contributed by atoms with Gasteiger partial charge in [0.2, 0.25) is 0 Å². The van der Waals surface area contributed by atoms with Crippen molar-refractivity contribution >= 4 is 23.1 Å². The van der Waals surface area contributed by atoms with Gasteiger partial charge in [-0.15, -0.1) is 0 Å². The fourth-order valence-corrected chi connectivity index (χ4v) is 4.04. The number of rotatable bonds is 6. The van der Waals surface area contributed by atoms with E-state index in [1.165, 1.54) is 5.56 Å². The van der Waals surface area contributed by atoms with E-state index in [1.54, 1.807) is 6.20 Å². The maximum absolute atomic E-state index is 11.8. The molecule has 0 atom stereocenters. The van der Waals surface area contributed by atoms with E-state index in [-0.39, 0.29) is 0 Å². The monoisotopic (exact) mass is 395 g/mol. The molecule has 0 aliphatic carbocycles. The summed E-state index contributed by atoms with van der Waals surface area (Å²) < 4.78 is 5.45. The minimum atomic E-state index is -0.471. The Balaban J connectivity index is 1.47. The highest BCUT2D eigenvalue weighted by molar-refractivity contribution is 5.98. The molecule has 2 fully saturated rings. The van der Waals surface area contributed by atoms with Gasteiger partial charge in [0, 0.05) is 37.2 Å². The first kappa shape index (κ1) is 19.7. The lowest BCUT2D eigenvalue weighted by molar-refractivity contribution is 0.0853. The van der Waals surface area contributed by atoms with E-state index in [4.69, 9.17) is 10.5 Å². The van der Waals surface area contributed by atoms with Gasteiger partial charge in [0.25, 0.3) is 5.91 Å². The summed E-state index contributed by atoms with van der Waals surface area (Å²) in [5.41, 5.74) is 9.02. The Morgan fingerprint density at radius 2 is 1.83 bits per heavy atom. The maximum atomic E-state index is 11.8. The van der Waals surface area contributed by atoms with Gasteiger partial charge in [-0.3, -0.25) is 4.79 Å². The second-order valence-corrected chi connectivity index (χ2v) is 7.78. The average Bonchev–Trinajstić information content (AvgIpc) is 2.76. The Kier molecular flexibility index (Phi) is 6.27. The van der Waals surface area contributed by atoms with Crippen LogP contribution in [0, 0.1) is 0 Å². The van der Waals surface area contributed by atoms with Gasteiger partial charge in [0.1, 0.15) is 5.82 Å². The molecule has 7 nitrogen and oxygen atoms in total. The van der Waals surface area contributed by atoms with Crippen LogP contribution in [0.4, 0.5) is 17.2 Å². The number of anilines is 3. The predicted octanol–water partition coefficient (Wildman–Crippen LogP) is 2.98. The molecule has 3 heterocycles. The molecule has 1 aromatic heterocycles. The van der Waals surface area contributed by atoms with E-state index in [2.05, 4.69) is 45.2 Å². The van der Waals surface area contributed by atoms with Crippen molar-refractivity contribution in [2.24, 2.45) is 5.73 Å². The lowest BCUT2D eigenvalue weighted by Crippen LogP contribution is -2.35. The van der Waals surface area contributed by atoms with Crippen molar-refractivity contribution in [3.63, 3.8) is 0 Å².